The van der Waals surface area contributed by atoms with Crippen molar-refractivity contribution in [3.8, 4) is 0 Å². The second kappa shape index (κ2) is 3.73. The van der Waals surface area contributed by atoms with Gasteiger partial charge in [0, 0.05) is 13.1 Å². The minimum Gasteiger partial charge on any atom is -0.394 e. The number of hydrogen-bond acceptors (Lipinski definition) is 3. The molecule has 0 saturated carbocycles. The second-order valence-corrected chi connectivity index (χ2v) is 4.67. The van der Waals surface area contributed by atoms with E-state index >= 15 is 0 Å². The van der Waals surface area contributed by atoms with Gasteiger partial charge in [0.2, 0.25) is 0 Å². The van der Waals surface area contributed by atoms with Crippen LogP contribution in [0.25, 0.3) is 0 Å². The third-order valence-corrected chi connectivity index (χ3v) is 1.86. The lowest BCUT2D eigenvalue weighted by molar-refractivity contribution is 0.0482. The normalized spacial score (nSPS) is 26.5. The Labute approximate surface area is 74.3 Å². The summed E-state index contributed by atoms with van der Waals surface area (Å²) in [4.78, 5) is 2.24. The fourth-order valence-corrected chi connectivity index (χ4v) is 1.50. The molecule has 12 heavy (non-hydrogen) atoms. The molecule has 1 rings (SSSR count). The highest BCUT2D eigenvalue weighted by molar-refractivity contribution is 4.74. The molecule has 0 aliphatic carbocycles. The predicted molar refractivity (Wildman–Crippen MR) is 47.9 cm³/mol. The van der Waals surface area contributed by atoms with Gasteiger partial charge in [0.1, 0.15) is 0 Å². The van der Waals surface area contributed by atoms with E-state index in [1.807, 2.05) is 0 Å². The zero-order chi connectivity index (χ0) is 9.19. The first-order valence-electron chi connectivity index (χ1n) is 4.46. The summed E-state index contributed by atoms with van der Waals surface area (Å²) in [5.74, 6) is 0. The van der Waals surface area contributed by atoms with Crippen molar-refractivity contribution in [2.75, 3.05) is 26.4 Å². The molecule has 0 radical (unpaired) electrons. The Kier molecular flexibility index (Phi) is 3.09. The van der Waals surface area contributed by atoms with Gasteiger partial charge in [0.25, 0.3) is 0 Å². The summed E-state index contributed by atoms with van der Waals surface area (Å²) >= 11 is 0. The molecule has 1 heterocycles. The monoisotopic (exact) mass is 173 g/mol. The number of ether oxygens (including phenoxy) is 1. The molecule has 0 aromatic carbocycles. The molecule has 1 aliphatic rings. The average Bonchev–Trinajstić information content (AvgIpc) is 2.32. The maximum Gasteiger partial charge on any atom is 0.0996 e. The van der Waals surface area contributed by atoms with Gasteiger partial charge in [-0.2, -0.15) is 0 Å². The van der Waals surface area contributed by atoms with Crippen molar-refractivity contribution in [2.45, 2.75) is 26.9 Å². The van der Waals surface area contributed by atoms with Crippen LogP contribution in [0, 0.1) is 5.41 Å². The fourth-order valence-electron chi connectivity index (χ4n) is 1.50. The molecule has 1 N–H and O–H groups in total. The van der Waals surface area contributed by atoms with Gasteiger partial charge in [-0.1, -0.05) is 20.8 Å². The van der Waals surface area contributed by atoms with Crippen molar-refractivity contribution < 1.29 is 9.84 Å². The molecule has 0 spiro atoms. The lowest BCUT2D eigenvalue weighted by atomic mass is 9.96. The molecule has 0 bridgehead atoms. The van der Waals surface area contributed by atoms with Gasteiger partial charge in [-0.05, 0) is 5.41 Å². The summed E-state index contributed by atoms with van der Waals surface area (Å²) in [6, 6.07) is 0. The summed E-state index contributed by atoms with van der Waals surface area (Å²) in [5.41, 5.74) is 0.313. The van der Waals surface area contributed by atoms with E-state index < -0.39 is 0 Å². The molecule has 1 aliphatic heterocycles. The molecule has 3 heteroatoms. The molecular weight excluding hydrogens is 154 g/mol. The molecule has 0 unspecified atom stereocenters. The zero-order valence-corrected chi connectivity index (χ0v) is 8.21. The van der Waals surface area contributed by atoms with Crippen LogP contribution in [0.15, 0.2) is 0 Å². The number of hydrogen-bond donors (Lipinski definition) is 1. The number of rotatable bonds is 2. The Morgan fingerprint density at radius 1 is 1.50 bits per heavy atom. The van der Waals surface area contributed by atoms with Gasteiger partial charge in [0.05, 0.1) is 19.4 Å². The van der Waals surface area contributed by atoms with Crippen molar-refractivity contribution in [3.05, 3.63) is 0 Å². The van der Waals surface area contributed by atoms with Gasteiger partial charge < -0.3 is 9.84 Å². The summed E-state index contributed by atoms with van der Waals surface area (Å²) in [6.07, 6.45) is 0.0346. The molecule has 3 nitrogen and oxygen atoms in total. The Morgan fingerprint density at radius 2 is 2.17 bits per heavy atom. The van der Waals surface area contributed by atoms with E-state index in [4.69, 9.17) is 9.84 Å². The molecule has 1 saturated heterocycles. The fraction of sp³-hybridized carbons (Fsp3) is 1.00. The SMILES string of the molecule is CC(C)(C)CN1CO[C@H](CO)C1. The van der Waals surface area contributed by atoms with Crippen LogP contribution < -0.4 is 0 Å². The first-order valence-corrected chi connectivity index (χ1v) is 4.46. The van der Waals surface area contributed by atoms with Crippen LogP contribution in [0.1, 0.15) is 20.8 Å². The van der Waals surface area contributed by atoms with Crippen molar-refractivity contribution in [1.29, 1.82) is 0 Å². The minimum atomic E-state index is 0.0346. The lowest BCUT2D eigenvalue weighted by Gasteiger charge is -2.24. The van der Waals surface area contributed by atoms with E-state index in [9.17, 15) is 0 Å². The molecule has 1 fully saturated rings. The van der Waals surface area contributed by atoms with Gasteiger partial charge in [-0.15, -0.1) is 0 Å². The zero-order valence-electron chi connectivity index (χ0n) is 8.21. The maximum absolute atomic E-state index is 8.83. The number of nitrogens with zero attached hydrogens (tertiary/aromatic N) is 1. The number of aliphatic hydroxyl groups excluding tert-OH is 1. The number of aliphatic hydroxyl groups is 1. The van der Waals surface area contributed by atoms with Crippen LogP contribution >= 0.6 is 0 Å². The van der Waals surface area contributed by atoms with Crippen molar-refractivity contribution >= 4 is 0 Å². The molecule has 72 valence electrons. The van der Waals surface area contributed by atoms with Crippen LogP contribution in [-0.4, -0.2) is 42.5 Å². The first kappa shape index (κ1) is 9.96. The molecular formula is C9H19NO2. The van der Waals surface area contributed by atoms with Crippen LogP contribution in [0.5, 0.6) is 0 Å². The van der Waals surface area contributed by atoms with E-state index in [0.29, 0.717) is 12.1 Å². The molecule has 0 amide bonds. The van der Waals surface area contributed by atoms with E-state index in [-0.39, 0.29) is 12.7 Å². The van der Waals surface area contributed by atoms with E-state index in [1.165, 1.54) is 0 Å². The standard InChI is InChI=1S/C9H19NO2/c1-9(2,3)6-10-4-8(5-11)12-7-10/h8,11H,4-7H2,1-3H3/t8-/m0/s1. The van der Waals surface area contributed by atoms with Crippen LogP contribution in [0.4, 0.5) is 0 Å². The third-order valence-electron chi connectivity index (χ3n) is 1.86. The topological polar surface area (TPSA) is 32.7 Å². The Balaban J connectivity index is 2.28. The highest BCUT2D eigenvalue weighted by atomic mass is 16.5. The molecule has 1 atom stereocenters. The third kappa shape index (κ3) is 3.09. The quantitative estimate of drug-likeness (QED) is 0.666. The lowest BCUT2D eigenvalue weighted by Crippen LogP contribution is -2.32. The van der Waals surface area contributed by atoms with Crippen LogP contribution in [0.3, 0.4) is 0 Å². The van der Waals surface area contributed by atoms with E-state index in [0.717, 1.165) is 13.1 Å². The highest BCUT2D eigenvalue weighted by Crippen LogP contribution is 2.18. The first-order chi connectivity index (χ1) is 5.51. The Bertz CT molecular complexity index is 142. The smallest absolute Gasteiger partial charge is 0.0996 e. The van der Waals surface area contributed by atoms with Gasteiger partial charge in [0.15, 0.2) is 0 Å². The van der Waals surface area contributed by atoms with Gasteiger partial charge in [-0.3, -0.25) is 4.90 Å². The molecule has 0 aromatic rings. The second-order valence-electron chi connectivity index (χ2n) is 4.67. The van der Waals surface area contributed by atoms with Crippen molar-refractivity contribution in [3.63, 3.8) is 0 Å². The summed E-state index contributed by atoms with van der Waals surface area (Å²) in [7, 11) is 0. The maximum atomic E-state index is 8.83. The Hall–Kier alpha value is -0.120. The summed E-state index contributed by atoms with van der Waals surface area (Å²) < 4.78 is 5.34. The summed E-state index contributed by atoms with van der Waals surface area (Å²) in [6.45, 7) is 9.33. The van der Waals surface area contributed by atoms with Crippen LogP contribution in [-0.2, 0) is 4.74 Å². The van der Waals surface area contributed by atoms with Gasteiger partial charge in [-0.25, -0.2) is 0 Å². The van der Waals surface area contributed by atoms with Crippen LogP contribution in [0.2, 0.25) is 0 Å². The highest BCUT2D eigenvalue weighted by Gasteiger charge is 2.25. The summed E-state index contributed by atoms with van der Waals surface area (Å²) in [5, 5.41) is 8.83. The minimum absolute atomic E-state index is 0.0346. The Morgan fingerprint density at radius 3 is 2.58 bits per heavy atom. The predicted octanol–water partition coefficient (Wildman–Crippen LogP) is 0.683. The van der Waals surface area contributed by atoms with Gasteiger partial charge >= 0.3 is 0 Å². The molecule has 0 aromatic heterocycles. The largest absolute Gasteiger partial charge is 0.394 e. The average molecular weight is 173 g/mol. The van der Waals surface area contributed by atoms with E-state index in [2.05, 4.69) is 25.7 Å². The van der Waals surface area contributed by atoms with Crippen molar-refractivity contribution in [1.82, 2.24) is 4.90 Å². The van der Waals surface area contributed by atoms with Crippen molar-refractivity contribution in [2.24, 2.45) is 5.41 Å². The van der Waals surface area contributed by atoms with E-state index in [1.54, 1.807) is 0 Å².